The maximum atomic E-state index is 2.47. The summed E-state index contributed by atoms with van der Waals surface area (Å²) in [5, 5.41) is 3.85. The minimum Gasteiger partial charge on any atom is -0.310 e. The number of hydrogen-bond acceptors (Lipinski definition) is 0. The molecule has 1 atom stereocenters. The lowest BCUT2D eigenvalue weighted by Crippen LogP contribution is -2.07. The molecule has 298 valence electrons. The van der Waals surface area contributed by atoms with Crippen LogP contribution in [0.25, 0.3) is 83.5 Å². The van der Waals surface area contributed by atoms with Gasteiger partial charge in [0.1, 0.15) is 0 Å². The third-order valence-corrected chi connectivity index (χ3v) is 13.1. The maximum Gasteiger partial charge on any atom is 0.0541 e. The molecule has 0 saturated carbocycles. The van der Waals surface area contributed by atoms with Crippen molar-refractivity contribution < 1.29 is 0 Å². The third-order valence-electron chi connectivity index (χ3n) is 13.1. The molecule has 1 unspecified atom stereocenters. The van der Waals surface area contributed by atoms with E-state index < -0.39 is 0 Å². The molecule has 0 bridgehead atoms. The Hall–Kier alpha value is -7.94. The summed E-state index contributed by atoms with van der Waals surface area (Å²) in [6.45, 7) is 0. The fourth-order valence-corrected chi connectivity index (χ4v) is 9.96. The van der Waals surface area contributed by atoms with Gasteiger partial charge in [-0.2, -0.15) is 0 Å². The molecule has 1 aliphatic carbocycles. The Morgan fingerprint density at radius 3 is 1.25 bits per heavy atom. The highest BCUT2D eigenvalue weighted by molar-refractivity contribution is 6.11. The minimum atomic E-state index is 0.349. The summed E-state index contributed by atoms with van der Waals surface area (Å²) in [5.74, 6) is 0.349. The molecule has 2 heterocycles. The van der Waals surface area contributed by atoms with Gasteiger partial charge in [0.25, 0.3) is 0 Å². The van der Waals surface area contributed by atoms with Gasteiger partial charge in [-0.1, -0.05) is 170 Å². The van der Waals surface area contributed by atoms with Crippen molar-refractivity contribution in [3.05, 3.63) is 258 Å². The van der Waals surface area contributed by atoms with Crippen LogP contribution in [0, 0.1) is 0 Å². The summed E-state index contributed by atoms with van der Waals surface area (Å²) >= 11 is 0. The van der Waals surface area contributed by atoms with Crippen molar-refractivity contribution in [1.29, 1.82) is 0 Å². The number of fused-ring (bicyclic) bond motifs is 6. The molecule has 0 fully saturated rings. The summed E-state index contributed by atoms with van der Waals surface area (Å²) < 4.78 is 4.89. The highest BCUT2D eigenvalue weighted by atomic mass is 15.0. The van der Waals surface area contributed by atoms with Crippen molar-refractivity contribution >= 4 is 38.8 Å². The summed E-state index contributed by atoms with van der Waals surface area (Å²) in [5.41, 5.74) is 20.1. The van der Waals surface area contributed by atoms with Gasteiger partial charge in [-0.3, -0.25) is 0 Å². The largest absolute Gasteiger partial charge is 0.310 e. The lowest BCUT2D eigenvalue weighted by atomic mass is 9.86. The van der Waals surface area contributed by atoms with Crippen LogP contribution in [-0.4, -0.2) is 9.13 Å². The number of allylic oxidation sites excluding steroid dienone is 1. The SMILES string of the molecule is C1=CC(c2ccccc2)Cc2c1n(-c1ccc(Cc3ccc(-n4c5ccc(-c6ccccc6)cc5c5cc(-c6ccccc6)ccc54)cc3)cc1)c1ccc(-c3ccccc3)cc21. The van der Waals surface area contributed by atoms with Gasteiger partial charge in [0, 0.05) is 39.1 Å². The van der Waals surface area contributed by atoms with E-state index in [9.17, 15) is 0 Å². The second kappa shape index (κ2) is 15.5. The zero-order valence-electron chi connectivity index (χ0n) is 34.9. The molecule has 0 N–H and O–H groups in total. The molecule has 2 nitrogen and oxygen atoms in total. The number of rotatable bonds is 8. The number of hydrogen-bond donors (Lipinski definition) is 0. The van der Waals surface area contributed by atoms with Crippen LogP contribution in [0.2, 0.25) is 0 Å². The molecule has 2 heteroatoms. The first kappa shape index (κ1) is 36.9. The Bertz CT molecular complexity index is 3350. The molecule has 0 radical (unpaired) electrons. The number of aromatic nitrogens is 2. The van der Waals surface area contributed by atoms with Crippen molar-refractivity contribution in [2.45, 2.75) is 18.8 Å². The highest BCUT2D eigenvalue weighted by Gasteiger charge is 2.24. The first-order valence-electron chi connectivity index (χ1n) is 22.1. The van der Waals surface area contributed by atoms with E-state index in [0.29, 0.717) is 5.92 Å². The molecule has 0 spiro atoms. The van der Waals surface area contributed by atoms with Crippen LogP contribution in [0.5, 0.6) is 0 Å². The Morgan fingerprint density at radius 1 is 0.365 bits per heavy atom. The van der Waals surface area contributed by atoms with Crippen molar-refractivity contribution in [2.24, 2.45) is 0 Å². The second-order valence-corrected chi connectivity index (χ2v) is 16.9. The van der Waals surface area contributed by atoms with E-state index in [-0.39, 0.29) is 0 Å². The van der Waals surface area contributed by atoms with Crippen LogP contribution in [0.4, 0.5) is 0 Å². The molecule has 1 aliphatic rings. The van der Waals surface area contributed by atoms with Crippen LogP contribution >= 0.6 is 0 Å². The van der Waals surface area contributed by atoms with Gasteiger partial charge in [0.15, 0.2) is 0 Å². The smallest absolute Gasteiger partial charge is 0.0541 e. The van der Waals surface area contributed by atoms with E-state index in [4.69, 9.17) is 0 Å². The number of benzene rings is 9. The first-order chi connectivity index (χ1) is 31.2. The van der Waals surface area contributed by atoms with Gasteiger partial charge in [-0.15, -0.1) is 0 Å². The monoisotopic (exact) mass is 804 g/mol. The number of nitrogens with zero attached hydrogens (tertiary/aromatic N) is 2. The van der Waals surface area contributed by atoms with Gasteiger partial charge in [0.2, 0.25) is 0 Å². The molecular weight excluding hydrogens is 761 g/mol. The van der Waals surface area contributed by atoms with Crippen LogP contribution in [-0.2, 0) is 12.8 Å². The average molecular weight is 805 g/mol. The lowest BCUT2D eigenvalue weighted by molar-refractivity contribution is 0.825. The van der Waals surface area contributed by atoms with Crippen LogP contribution < -0.4 is 0 Å². The normalized spacial score (nSPS) is 13.5. The topological polar surface area (TPSA) is 9.86 Å². The van der Waals surface area contributed by atoms with Gasteiger partial charge >= 0.3 is 0 Å². The molecule has 9 aromatic carbocycles. The molecule has 0 aliphatic heterocycles. The molecular formula is C61H44N2. The quantitative estimate of drug-likeness (QED) is 0.145. The Morgan fingerprint density at radius 2 is 0.778 bits per heavy atom. The Kier molecular flexibility index (Phi) is 9.08. The predicted molar refractivity (Wildman–Crippen MR) is 265 cm³/mol. The van der Waals surface area contributed by atoms with Gasteiger partial charge in [-0.25, -0.2) is 0 Å². The van der Waals surface area contributed by atoms with E-state index in [1.54, 1.807) is 0 Å². The Labute approximate surface area is 368 Å². The predicted octanol–water partition coefficient (Wildman–Crippen LogP) is 15.7. The third kappa shape index (κ3) is 6.68. The summed E-state index contributed by atoms with van der Waals surface area (Å²) in [4.78, 5) is 0. The van der Waals surface area contributed by atoms with Crippen molar-refractivity contribution in [2.75, 3.05) is 0 Å². The van der Waals surface area contributed by atoms with E-state index in [0.717, 1.165) is 18.5 Å². The van der Waals surface area contributed by atoms with Gasteiger partial charge < -0.3 is 9.13 Å². The zero-order chi connectivity index (χ0) is 41.7. The minimum absolute atomic E-state index is 0.349. The summed E-state index contributed by atoms with van der Waals surface area (Å²) in [6, 6.07) is 82.3. The molecule has 12 rings (SSSR count). The van der Waals surface area contributed by atoms with E-state index in [1.165, 1.54) is 99.7 Å². The molecule has 0 saturated heterocycles. The second-order valence-electron chi connectivity index (χ2n) is 16.9. The van der Waals surface area contributed by atoms with Crippen molar-refractivity contribution in [3.8, 4) is 44.8 Å². The lowest BCUT2D eigenvalue weighted by Gasteiger charge is -2.19. The maximum absolute atomic E-state index is 2.47. The average Bonchev–Trinajstić information content (AvgIpc) is 3.87. The van der Waals surface area contributed by atoms with Crippen LogP contribution in [0.1, 0.15) is 33.9 Å². The first-order valence-corrected chi connectivity index (χ1v) is 22.1. The zero-order valence-corrected chi connectivity index (χ0v) is 34.9. The van der Waals surface area contributed by atoms with Crippen molar-refractivity contribution in [3.63, 3.8) is 0 Å². The molecule has 63 heavy (non-hydrogen) atoms. The Balaban J connectivity index is 0.870. The van der Waals surface area contributed by atoms with E-state index in [2.05, 4.69) is 246 Å². The van der Waals surface area contributed by atoms with Crippen LogP contribution in [0.3, 0.4) is 0 Å². The van der Waals surface area contributed by atoms with Crippen molar-refractivity contribution in [1.82, 2.24) is 9.13 Å². The summed E-state index contributed by atoms with van der Waals surface area (Å²) in [7, 11) is 0. The van der Waals surface area contributed by atoms with Gasteiger partial charge in [-0.05, 0) is 135 Å². The van der Waals surface area contributed by atoms with Crippen LogP contribution in [0.15, 0.2) is 231 Å². The van der Waals surface area contributed by atoms with Gasteiger partial charge in [0.05, 0.1) is 16.6 Å². The van der Waals surface area contributed by atoms with E-state index in [1.807, 2.05) is 0 Å². The molecule has 11 aromatic rings. The molecule has 0 amide bonds. The highest BCUT2D eigenvalue weighted by Crippen LogP contribution is 2.41. The van der Waals surface area contributed by atoms with E-state index >= 15 is 0 Å². The molecule has 2 aromatic heterocycles. The summed E-state index contributed by atoms with van der Waals surface area (Å²) in [6.07, 6.45) is 6.59. The standard InChI is InChI=1S/C61H44N2/c1-5-13-44(14-6-1)48-25-33-58-54(38-48)55-39-49(45-15-7-2-8-16-45)26-34-59(55)62(58)52-29-21-42(22-30-52)37-43-23-31-53(32-24-43)63-60-35-27-50(46-17-9-3-10-18-46)40-56(60)57-41-51(28-36-61(57)63)47-19-11-4-12-20-47/h1-36,38-40,51H,37,41H2. The fourth-order valence-electron chi connectivity index (χ4n) is 9.96. The fraction of sp³-hybridized carbons (Fsp3) is 0.0492.